The van der Waals surface area contributed by atoms with Gasteiger partial charge in [0.05, 0.1) is 6.61 Å². The normalized spacial score (nSPS) is 12.7. The van der Waals surface area contributed by atoms with E-state index in [0.29, 0.717) is 31.0 Å². The number of halogens is 1. The minimum absolute atomic E-state index is 0.0577. The van der Waals surface area contributed by atoms with E-state index in [1.807, 2.05) is 62.4 Å². The molecule has 0 bridgehead atoms. The molecule has 0 heterocycles. The van der Waals surface area contributed by atoms with Gasteiger partial charge < -0.3 is 15.0 Å². The van der Waals surface area contributed by atoms with Crippen LogP contribution in [0.15, 0.2) is 54.6 Å². The van der Waals surface area contributed by atoms with Gasteiger partial charge in [-0.3, -0.25) is 9.59 Å². The molecule has 0 spiro atoms. The number of carbonyl (C=O) groups excluding carboxylic acids is 2. The van der Waals surface area contributed by atoms with Crippen LogP contribution in [0.25, 0.3) is 0 Å². The third-order valence-electron chi connectivity index (χ3n) is 4.96. The van der Waals surface area contributed by atoms with Gasteiger partial charge in [0.15, 0.2) is 0 Å². The van der Waals surface area contributed by atoms with Crippen molar-refractivity contribution in [2.24, 2.45) is 0 Å². The Labute approximate surface area is 184 Å². The number of hydrogen-bond donors (Lipinski definition) is 1. The van der Waals surface area contributed by atoms with Crippen LogP contribution in [-0.4, -0.2) is 35.4 Å². The van der Waals surface area contributed by atoms with Crippen molar-refractivity contribution >= 4 is 23.4 Å². The van der Waals surface area contributed by atoms with Crippen molar-refractivity contribution in [3.8, 4) is 5.75 Å². The summed E-state index contributed by atoms with van der Waals surface area (Å²) in [5, 5.41) is 3.57. The first-order valence-corrected chi connectivity index (χ1v) is 10.8. The highest BCUT2D eigenvalue weighted by Gasteiger charge is 2.26. The minimum atomic E-state index is -0.583. The number of hydrogen-bond acceptors (Lipinski definition) is 3. The molecule has 1 N–H and O–H groups in total. The van der Waals surface area contributed by atoms with Gasteiger partial charge in [0, 0.05) is 24.0 Å². The molecule has 30 heavy (non-hydrogen) atoms. The maximum absolute atomic E-state index is 13.0. The number of carbonyl (C=O) groups is 2. The third-order valence-corrected chi connectivity index (χ3v) is 5.19. The first-order chi connectivity index (χ1) is 14.4. The lowest BCUT2D eigenvalue weighted by Gasteiger charge is -2.30. The summed E-state index contributed by atoms with van der Waals surface area (Å²) in [6, 6.07) is 16.3. The van der Waals surface area contributed by atoms with E-state index in [-0.39, 0.29) is 17.9 Å². The second-order valence-corrected chi connectivity index (χ2v) is 7.85. The molecule has 6 heteroatoms. The molecule has 2 amide bonds. The van der Waals surface area contributed by atoms with Crippen LogP contribution < -0.4 is 10.1 Å². The molecule has 2 atom stereocenters. The van der Waals surface area contributed by atoms with Crippen LogP contribution in [0.3, 0.4) is 0 Å². The first-order valence-electron chi connectivity index (χ1n) is 10.4. The molecule has 0 aliphatic heterocycles. The number of para-hydroxylation sites is 1. The summed E-state index contributed by atoms with van der Waals surface area (Å²) in [4.78, 5) is 27.3. The van der Waals surface area contributed by atoms with Crippen molar-refractivity contribution in [2.45, 2.75) is 58.7 Å². The van der Waals surface area contributed by atoms with Crippen LogP contribution in [-0.2, 0) is 16.1 Å². The van der Waals surface area contributed by atoms with Gasteiger partial charge in [-0.1, -0.05) is 48.9 Å². The summed E-state index contributed by atoms with van der Waals surface area (Å²) in [7, 11) is 0. The molecular formula is C24H31ClN2O3. The molecule has 0 fully saturated rings. The van der Waals surface area contributed by atoms with Gasteiger partial charge in [-0.2, -0.15) is 0 Å². The highest BCUT2D eigenvalue weighted by atomic mass is 35.5. The van der Waals surface area contributed by atoms with Crippen LogP contribution in [0, 0.1) is 0 Å². The van der Waals surface area contributed by atoms with Crippen molar-refractivity contribution in [2.75, 3.05) is 6.61 Å². The average molecular weight is 431 g/mol. The molecule has 2 aromatic rings. The molecule has 0 saturated heterocycles. The van der Waals surface area contributed by atoms with Crippen LogP contribution >= 0.6 is 11.6 Å². The Bertz CT molecular complexity index is 813. The second kappa shape index (κ2) is 12.2. The summed E-state index contributed by atoms with van der Waals surface area (Å²) in [5.74, 6) is 0.542. The van der Waals surface area contributed by atoms with E-state index in [9.17, 15) is 9.59 Å². The molecule has 5 nitrogen and oxygen atoms in total. The molecule has 2 aromatic carbocycles. The summed E-state index contributed by atoms with van der Waals surface area (Å²) >= 11 is 6.10. The summed E-state index contributed by atoms with van der Waals surface area (Å²) in [6.45, 7) is 6.49. The zero-order valence-corrected chi connectivity index (χ0v) is 18.7. The van der Waals surface area contributed by atoms with E-state index >= 15 is 0 Å². The summed E-state index contributed by atoms with van der Waals surface area (Å²) in [6.07, 6.45) is 1.70. The van der Waals surface area contributed by atoms with Gasteiger partial charge in [-0.05, 0) is 56.5 Å². The van der Waals surface area contributed by atoms with Crippen molar-refractivity contribution < 1.29 is 14.3 Å². The second-order valence-electron chi connectivity index (χ2n) is 7.41. The smallest absolute Gasteiger partial charge is 0.242 e. The SMILES string of the molecule is CC[C@@H](C)NC(=O)[C@@H](C)N(Cc1cccc(Cl)c1)C(=O)CCCOc1ccccc1. The van der Waals surface area contributed by atoms with E-state index in [1.165, 1.54) is 0 Å². The van der Waals surface area contributed by atoms with Gasteiger partial charge >= 0.3 is 0 Å². The quantitative estimate of drug-likeness (QED) is 0.519. The number of nitrogens with zero attached hydrogens (tertiary/aromatic N) is 1. The fraction of sp³-hybridized carbons (Fsp3) is 0.417. The lowest BCUT2D eigenvalue weighted by Crippen LogP contribution is -2.49. The molecular weight excluding hydrogens is 400 g/mol. The zero-order valence-electron chi connectivity index (χ0n) is 17.9. The largest absolute Gasteiger partial charge is 0.494 e. The topological polar surface area (TPSA) is 58.6 Å². The lowest BCUT2D eigenvalue weighted by molar-refractivity contribution is -0.141. The van der Waals surface area contributed by atoms with Gasteiger partial charge in [0.25, 0.3) is 0 Å². The van der Waals surface area contributed by atoms with Gasteiger partial charge in [-0.15, -0.1) is 0 Å². The fourth-order valence-corrected chi connectivity index (χ4v) is 3.17. The zero-order chi connectivity index (χ0) is 21.9. The van der Waals surface area contributed by atoms with Crippen LogP contribution in [0.5, 0.6) is 5.75 Å². The monoisotopic (exact) mass is 430 g/mol. The lowest BCUT2D eigenvalue weighted by atomic mass is 10.1. The Morgan fingerprint density at radius 3 is 2.50 bits per heavy atom. The fourth-order valence-electron chi connectivity index (χ4n) is 2.95. The van der Waals surface area contributed by atoms with E-state index in [0.717, 1.165) is 17.7 Å². The maximum Gasteiger partial charge on any atom is 0.242 e. The van der Waals surface area contributed by atoms with Crippen LogP contribution in [0.1, 0.15) is 45.6 Å². The molecule has 0 radical (unpaired) electrons. The number of benzene rings is 2. The highest BCUT2D eigenvalue weighted by molar-refractivity contribution is 6.30. The summed E-state index contributed by atoms with van der Waals surface area (Å²) in [5.41, 5.74) is 0.888. The van der Waals surface area contributed by atoms with Crippen molar-refractivity contribution in [3.05, 3.63) is 65.2 Å². The maximum atomic E-state index is 13.0. The van der Waals surface area contributed by atoms with Crippen molar-refractivity contribution in [1.82, 2.24) is 10.2 Å². The Hall–Kier alpha value is -2.53. The average Bonchev–Trinajstić information content (AvgIpc) is 2.75. The Balaban J connectivity index is 2.01. The molecule has 2 rings (SSSR count). The Morgan fingerprint density at radius 1 is 1.10 bits per heavy atom. The van der Waals surface area contributed by atoms with Crippen LogP contribution in [0.4, 0.5) is 0 Å². The highest BCUT2D eigenvalue weighted by Crippen LogP contribution is 2.16. The Morgan fingerprint density at radius 2 is 1.83 bits per heavy atom. The molecule has 0 unspecified atom stereocenters. The predicted octanol–water partition coefficient (Wildman–Crippen LogP) is 4.83. The predicted molar refractivity (Wildman–Crippen MR) is 121 cm³/mol. The van der Waals surface area contributed by atoms with E-state index in [1.54, 1.807) is 17.9 Å². The van der Waals surface area contributed by atoms with Gasteiger partial charge in [-0.25, -0.2) is 0 Å². The Kier molecular flexibility index (Phi) is 9.68. The van der Waals surface area contributed by atoms with Gasteiger partial charge in [0.2, 0.25) is 11.8 Å². The first kappa shape index (κ1) is 23.7. The number of amides is 2. The number of nitrogens with one attached hydrogen (secondary N) is 1. The molecule has 0 aliphatic rings. The van der Waals surface area contributed by atoms with E-state index in [4.69, 9.17) is 16.3 Å². The van der Waals surface area contributed by atoms with E-state index in [2.05, 4.69) is 5.32 Å². The molecule has 0 aliphatic carbocycles. The third kappa shape index (κ3) is 7.71. The van der Waals surface area contributed by atoms with Crippen LogP contribution in [0.2, 0.25) is 5.02 Å². The van der Waals surface area contributed by atoms with Crippen molar-refractivity contribution in [3.63, 3.8) is 0 Å². The number of rotatable bonds is 11. The molecule has 0 saturated carbocycles. The minimum Gasteiger partial charge on any atom is -0.494 e. The standard InChI is InChI=1S/C24H31ClN2O3/c1-4-18(2)26-24(29)19(3)27(17-20-10-8-11-21(25)16-20)23(28)14-9-15-30-22-12-6-5-7-13-22/h5-8,10-13,16,18-19H,4,9,14-15,17H2,1-3H3,(H,26,29)/t18-,19-/m1/s1. The molecule has 162 valence electrons. The summed E-state index contributed by atoms with van der Waals surface area (Å²) < 4.78 is 5.68. The van der Waals surface area contributed by atoms with Gasteiger partial charge in [0.1, 0.15) is 11.8 Å². The van der Waals surface area contributed by atoms with Crippen molar-refractivity contribution in [1.29, 1.82) is 0 Å². The molecule has 0 aromatic heterocycles. The van der Waals surface area contributed by atoms with E-state index < -0.39 is 6.04 Å². The number of ether oxygens (including phenoxy) is 1.